The summed E-state index contributed by atoms with van der Waals surface area (Å²) in [5.41, 5.74) is -0.334. The molecule has 0 saturated carbocycles. The summed E-state index contributed by atoms with van der Waals surface area (Å²) in [7, 11) is 0. The number of halogens is 2. The third-order valence-electron chi connectivity index (χ3n) is 3.16. The van der Waals surface area contributed by atoms with Crippen molar-refractivity contribution in [2.24, 2.45) is 0 Å². The molecule has 0 aliphatic rings. The second-order valence-corrected chi connectivity index (χ2v) is 6.03. The summed E-state index contributed by atoms with van der Waals surface area (Å²) in [6.07, 6.45) is 4.09. The Hall–Kier alpha value is -0.840. The average Bonchev–Trinajstić information content (AvgIpc) is 2.74. The summed E-state index contributed by atoms with van der Waals surface area (Å²) in [5, 5.41) is 11.2. The van der Waals surface area contributed by atoms with Crippen LogP contribution in [0.2, 0.25) is 5.02 Å². The van der Waals surface area contributed by atoms with E-state index < -0.39 is 5.60 Å². The standard InChI is InChI=1S/C14H16BrClN2O/c1-3-18-7-6-17-13(18)9-14(2,19)11-5-4-10(15)8-12(11)16/h4-8,19H,3,9H2,1-2H3. The van der Waals surface area contributed by atoms with Gasteiger partial charge in [-0.3, -0.25) is 0 Å². The van der Waals surface area contributed by atoms with Gasteiger partial charge in [0.05, 0.1) is 5.60 Å². The molecule has 0 fully saturated rings. The lowest BCUT2D eigenvalue weighted by Crippen LogP contribution is -2.26. The van der Waals surface area contributed by atoms with E-state index in [2.05, 4.69) is 20.9 Å². The van der Waals surface area contributed by atoms with Crippen molar-refractivity contribution >= 4 is 27.5 Å². The Balaban J connectivity index is 2.32. The van der Waals surface area contributed by atoms with Crippen LogP contribution in [0.15, 0.2) is 35.1 Å². The van der Waals surface area contributed by atoms with Crippen LogP contribution < -0.4 is 0 Å². The largest absolute Gasteiger partial charge is 0.385 e. The van der Waals surface area contributed by atoms with Gasteiger partial charge in [0, 0.05) is 40.4 Å². The van der Waals surface area contributed by atoms with E-state index in [1.54, 1.807) is 19.2 Å². The van der Waals surface area contributed by atoms with Crippen molar-refractivity contribution in [2.75, 3.05) is 0 Å². The van der Waals surface area contributed by atoms with Gasteiger partial charge in [-0.1, -0.05) is 33.6 Å². The lowest BCUT2D eigenvalue weighted by atomic mass is 9.92. The molecule has 1 unspecified atom stereocenters. The summed E-state index contributed by atoms with van der Waals surface area (Å²) in [6.45, 7) is 4.64. The van der Waals surface area contributed by atoms with E-state index in [4.69, 9.17) is 11.6 Å². The van der Waals surface area contributed by atoms with Gasteiger partial charge in [0.1, 0.15) is 5.82 Å². The van der Waals surface area contributed by atoms with Crippen LogP contribution in [0.1, 0.15) is 25.2 Å². The molecule has 0 radical (unpaired) electrons. The highest BCUT2D eigenvalue weighted by Crippen LogP contribution is 2.32. The van der Waals surface area contributed by atoms with Crippen molar-refractivity contribution < 1.29 is 5.11 Å². The highest BCUT2D eigenvalue weighted by Gasteiger charge is 2.28. The van der Waals surface area contributed by atoms with Gasteiger partial charge >= 0.3 is 0 Å². The Morgan fingerprint density at radius 3 is 2.84 bits per heavy atom. The van der Waals surface area contributed by atoms with E-state index in [9.17, 15) is 5.11 Å². The predicted molar refractivity (Wildman–Crippen MR) is 80.3 cm³/mol. The lowest BCUT2D eigenvalue weighted by Gasteiger charge is -2.25. The Labute approximate surface area is 126 Å². The molecular formula is C14H16BrClN2O. The van der Waals surface area contributed by atoms with E-state index in [1.807, 2.05) is 29.8 Å². The third-order valence-corrected chi connectivity index (χ3v) is 3.96. The number of hydrogen-bond acceptors (Lipinski definition) is 2. The van der Waals surface area contributed by atoms with Crippen LogP contribution in [0.5, 0.6) is 0 Å². The minimum absolute atomic E-state index is 0.426. The number of nitrogens with zero attached hydrogens (tertiary/aromatic N) is 2. The second-order valence-electron chi connectivity index (χ2n) is 4.70. The van der Waals surface area contributed by atoms with E-state index in [-0.39, 0.29) is 0 Å². The molecule has 3 nitrogen and oxygen atoms in total. The Morgan fingerprint density at radius 1 is 1.47 bits per heavy atom. The fourth-order valence-corrected chi connectivity index (χ4v) is 3.00. The van der Waals surface area contributed by atoms with Crippen molar-refractivity contribution in [1.29, 1.82) is 0 Å². The minimum atomic E-state index is -1.05. The first kappa shape index (κ1) is 14.6. The maximum atomic E-state index is 10.7. The zero-order valence-electron chi connectivity index (χ0n) is 10.9. The monoisotopic (exact) mass is 342 g/mol. The topological polar surface area (TPSA) is 38.0 Å². The Kier molecular flexibility index (Phi) is 4.33. The molecule has 1 aromatic heterocycles. The van der Waals surface area contributed by atoms with Crippen molar-refractivity contribution in [2.45, 2.75) is 32.4 Å². The first-order chi connectivity index (χ1) is 8.94. The predicted octanol–water partition coefficient (Wildman–Crippen LogP) is 3.77. The van der Waals surface area contributed by atoms with Gasteiger partial charge in [-0.05, 0) is 26.0 Å². The van der Waals surface area contributed by atoms with Gasteiger partial charge < -0.3 is 9.67 Å². The lowest BCUT2D eigenvalue weighted by molar-refractivity contribution is 0.0547. The van der Waals surface area contributed by atoms with Crippen LogP contribution in [0.25, 0.3) is 0 Å². The summed E-state index contributed by atoms with van der Waals surface area (Å²) >= 11 is 9.57. The number of hydrogen-bond donors (Lipinski definition) is 1. The molecule has 1 atom stereocenters. The average molecular weight is 344 g/mol. The molecule has 0 saturated heterocycles. The summed E-state index contributed by atoms with van der Waals surface area (Å²) in [5.74, 6) is 0.853. The van der Waals surface area contributed by atoms with Crippen molar-refractivity contribution in [3.8, 4) is 0 Å². The van der Waals surface area contributed by atoms with E-state index >= 15 is 0 Å². The van der Waals surface area contributed by atoms with Gasteiger partial charge in [0.15, 0.2) is 0 Å². The smallest absolute Gasteiger partial charge is 0.111 e. The van der Waals surface area contributed by atoms with Crippen LogP contribution in [0.4, 0.5) is 0 Å². The molecule has 1 N–H and O–H groups in total. The fraction of sp³-hybridized carbons (Fsp3) is 0.357. The Bertz CT molecular complexity index is 581. The molecule has 0 aliphatic heterocycles. The first-order valence-corrected chi connectivity index (χ1v) is 7.29. The molecule has 1 heterocycles. The maximum absolute atomic E-state index is 10.7. The van der Waals surface area contributed by atoms with Crippen molar-refractivity contribution in [3.05, 3.63) is 51.5 Å². The van der Waals surface area contributed by atoms with E-state index in [0.29, 0.717) is 17.0 Å². The Morgan fingerprint density at radius 2 is 2.21 bits per heavy atom. The van der Waals surface area contributed by atoms with E-state index in [0.717, 1.165) is 16.8 Å². The van der Waals surface area contributed by atoms with Crippen LogP contribution in [-0.4, -0.2) is 14.7 Å². The minimum Gasteiger partial charge on any atom is -0.385 e. The van der Waals surface area contributed by atoms with Crippen LogP contribution in [0, 0.1) is 0 Å². The molecule has 0 amide bonds. The van der Waals surface area contributed by atoms with E-state index in [1.165, 1.54) is 0 Å². The molecule has 1 aromatic carbocycles. The normalized spacial score (nSPS) is 14.4. The molecular weight excluding hydrogens is 328 g/mol. The summed E-state index contributed by atoms with van der Waals surface area (Å²) < 4.78 is 2.91. The molecule has 5 heteroatoms. The fourth-order valence-electron chi connectivity index (χ4n) is 2.12. The van der Waals surface area contributed by atoms with Gasteiger partial charge in [-0.25, -0.2) is 4.98 Å². The number of benzene rings is 1. The maximum Gasteiger partial charge on any atom is 0.111 e. The summed E-state index contributed by atoms with van der Waals surface area (Å²) in [4.78, 5) is 4.30. The van der Waals surface area contributed by atoms with Crippen molar-refractivity contribution in [3.63, 3.8) is 0 Å². The summed E-state index contributed by atoms with van der Waals surface area (Å²) in [6, 6.07) is 5.51. The molecule has 2 aromatic rings. The molecule has 102 valence electrons. The SMILES string of the molecule is CCn1ccnc1CC(C)(O)c1ccc(Br)cc1Cl. The van der Waals surface area contributed by atoms with Gasteiger partial charge in [-0.2, -0.15) is 0 Å². The quantitative estimate of drug-likeness (QED) is 0.917. The molecule has 2 rings (SSSR count). The number of aliphatic hydroxyl groups is 1. The highest BCUT2D eigenvalue weighted by molar-refractivity contribution is 9.10. The molecule has 19 heavy (non-hydrogen) atoms. The molecule has 0 spiro atoms. The van der Waals surface area contributed by atoms with Crippen LogP contribution in [-0.2, 0) is 18.6 Å². The molecule has 0 bridgehead atoms. The zero-order valence-corrected chi connectivity index (χ0v) is 13.2. The highest BCUT2D eigenvalue weighted by atomic mass is 79.9. The number of aromatic nitrogens is 2. The molecule has 0 aliphatic carbocycles. The van der Waals surface area contributed by atoms with Gasteiger partial charge in [-0.15, -0.1) is 0 Å². The van der Waals surface area contributed by atoms with Gasteiger partial charge in [0.25, 0.3) is 0 Å². The van der Waals surface area contributed by atoms with Crippen molar-refractivity contribution in [1.82, 2.24) is 9.55 Å². The van der Waals surface area contributed by atoms with Crippen LogP contribution in [0.3, 0.4) is 0 Å². The number of imidazole rings is 1. The number of rotatable bonds is 4. The second kappa shape index (κ2) is 5.65. The zero-order chi connectivity index (χ0) is 14.0. The van der Waals surface area contributed by atoms with Crippen LogP contribution >= 0.6 is 27.5 Å². The number of aryl methyl sites for hydroxylation is 1. The van der Waals surface area contributed by atoms with Gasteiger partial charge in [0.2, 0.25) is 0 Å². The first-order valence-electron chi connectivity index (χ1n) is 6.12. The third kappa shape index (κ3) is 3.19.